The Morgan fingerprint density at radius 3 is 2.33 bits per heavy atom. The highest BCUT2D eigenvalue weighted by Gasteiger charge is 2.24. The predicted molar refractivity (Wildman–Crippen MR) is 38.2 cm³/mol. The molecule has 1 saturated carbocycles. The minimum Gasteiger partial charge on any atom is -0.396 e. The SMILES string of the molecule is CCC(CO)C1CCC1. The van der Waals surface area contributed by atoms with Gasteiger partial charge in [-0.05, 0) is 11.8 Å². The van der Waals surface area contributed by atoms with E-state index in [2.05, 4.69) is 6.92 Å². The summed E-state index contributed by atoms with van der Waals surface area (Å²) in [5.41, 5.74) is 0. The molecule has 0 bridgehead atoms. The molecule has 0 aromatic rings. The maximum atomic E-state index is 8.86. The van der Waals surface area contributed by atoms with Crippen LogP contribution in [0.4, 0.5) is 0 Å². The molecule has 1 atom stereocenters. The van der Waals surface area contributed by atoms with Crippen molar-refractivity contribution in [2.45, 2.75) is 32.6 Å². The van der Waals surface area contributed by atoms with E-state index in [1.807, 2.05) is 0 Å². The highest BCUT2D eigenvalue weighted by Crippen LogP contribution is 2.34. The van der Waals surface area contributed by atoms with E-state index in [0.717, 1.165) is 12.3 Å². The maximum absolute atomic E-state index is 8.86. The van der Waals surface area contributed by atoms with Crippen molar-refractivity contribution in [3.8, 4) is 0 Å². The van der Waals surface area contributed by atoms with E-state index in [1.54, 1.807) is 0 Å². The van der Waals surface area contributed by atoms with E-state index in [4.69, 9.17) is 5.11 Å². The van der Waals surface area contributed by atoms with E-state index in [9.17, 15) is 0 Å². The first kappa shape index (κ1) is 7.07. The Labute approximate surface area is 57.1 Å². The number of aliphatic hydroxyl groups is 1. The van der Waals surface area contributed by atoms with Gasteiger partial charge in [-0.1, -0.05) is 32.6 Å². The van der Waals surface area contributed by atoms with Crippen LogP contribution < -0.4 is 0 Å². The molecule has 0 saturated heterocycles. The molecule has 1 aliphatic rings. The van der Waals surface area contributed by atoms with E-state index >= 15 is 0 Å². The van der Waals surface area contributed by atoms with Crippen molar-refractivity contribution in [1.29, 1.82) is 0 Å². The Kier molecular flexibility index (Phi) is 2.52. The second-order valence-electron chi connectivity index (χ2n) is 3.04. The van der Waals surface area contributed by atoms with Crippen LogP contribution in [0, 0.1) is 11.8 Å². The van der Waals surface area contributed by atoms with Gasteiger partial charge in [-0.2, -0.15) is 0 Å². The van der Waals surface area contributed by atoms with Crippen molar-refractivity contribution < 1.29 is 5.11 Å². The summed E-state index contributed by atoms with van der Waals surface area (Å²) in [6, 6.07) is 0. The van der Waals surface area contributed by atoms with Gasteiger partial charge in [0.1, 0.15) is 0 Å². The quantitative estimate of drug-likeness (QED) is 0.614. The van der Waals surface area contributed by atoms with Crippen molar-refractivity contribution in [1.82, 2.24) is 0 Å². The molecule has 0 aliphatic heterocycles. The number of rotatable bonds is 3. The van der Waals surface area contributed by atoms with E-state index < -0.39 is 0 Å². The summed E-state index contributed by atoms with van der Waals surface area (Å²) in [6.07, 6.45) is 5.26. The first-order chi connectivity index (χ1) is 4.38. The third-order valence-electron chi connectivity index (χ3n) is 2.58. The van der Waals surface area contributed by atoms with Crippen molar-refractivity contribution in [2.24, 2.45) is 11.8 Å². The van der Waals surface area contributed by atoms with Crippen LogP contribution in [-0.2, 0) is 0 Å². The topological polar surface area (TPSA) is 20.2 Å². The van der Waals surface area contributed by atoms with Gasteiger partial charge < -0.3 is 5.11 Å². The molecule has 0 aromatic carbocycles. The van der Waals surface area contributed by atoms with Crippen LogP contribution in [0.3, 0.4) is 0 Å². The zero-order valence-corrected chi connectivity index (χ0v) is 6.14. The Morgan fingerprint density at radius 2 is 2.22 bits per heavy atom. The maximum Gasteiger partial charge on any atom is 0.0461 e. The molecular weight excluding hydrogens is 112 g/mol. The highest BCUT2D eigenvalue weighted by atomic mass is 16.3. The zero-order valence-electron chi connectivity index (χ0n) is 6.14. The third-order valence-corrected chi connectivity index (χ3v) is 2.58. The second-order valence-corrected chi connectivity index (χ2v) is 3.04. The fourth-order valence-corrected chi connectivity index (χ4v) is 1.52. The van der Waals surface area contributed by atoms with Gasteiger partial charge in [0.25, 0.3) is 0 Å². The molecule has 1 heteroatoms. The molecule has 1 unspecified atom stereocenters. The molecular formula is C8H16O. The lowest BCUT2D eigenvalue weighted by atomic mass is 9.75. The molecule has 0 radical (unpaired) electrons. The summed E-state index contributed by atoms with van der Waals surface area (Å²) >= 11 is 0. The molecule has 0 spiro atoms. The van der Waals surface area contributed by atoms with Crippen LogP contribution in [0.25, 0.3) is 0 Å². The lowest BCUT2D eigenvalue weighted by molar-refractivity contribution is 0.120. The van der Waals surface area contributed by atoms with Gasteiger partial charge in [0.05, 0.1) is 0 Å². The van der Waals surface area contributed by atoms with Crippen LogP contribution in [0.15, 0.2) is 0 Å². The van der Waals surface area contributed by atoms with Crippen molar-refractivity contribution in [2.75, 3.05) is 6.61 Å². The first-order valence-electron chi connectivity index (χ1n) is 3.99. The van der Waals surface area contributed by atoms with Gasteiger partial charge in [-0.25, -0.2) is 0 Å². The van der Waals surface area contributed by atoms with E-state index in [1.165, 1.54) is 19.3 Å². The number of aliphatic hydroxyl groups excluding tert-OH is 1. The Hall–Kier alpha value is -0.0400. The summed E-state index contributed by atoms with van der Waals surface area (Å²) in [4.78, 5) is 0. The summed E-state index contributed by atoms with van der Waals surface area (Å²) in [5, 5.41) is 8.86. The minimum absolute atomic E-state index is 0.404. The lowest BCUT2D eigenvalue weighted by Gasteiger charge is -2.31. The molecule has 9 heavy (non-hydrogen) atoms. The Balaban J connectivity index is 2.19. The second kappa shape index (κ2) is 3.21. The van der Waals surface area contributed by atoms with Gasteiger partial charge in [0.15, 0.2) is 0 Å². The summed E-state index contributed by atoms with van der Waals surface area (Å²) < 4.78 is 0. The third kappa shape index (κ3) is 1.45. The molecule has 1 rings (SSSR count). The highest BCUT2D eigenvalue weighted by molar-refractivity contribution is 4.75. The molecule has 0 amide bonds. The standard InChI is InChI=1S/C8H16O/c1-2-7(6-9)8-4-3-5-8/h7-9H,2-6H2,1H3. The average molecular weight is 128 g/mol. The van der Waals surface area contributed by atoms with Crippen LogP contribution in [0.5, 0.6) is 0 Å². The van der Waals surface area contributed by atoms with Gasteiger partial charge in [-0.3, -0.25) is 0 Å². The predicted octanol–water partition coefficient (Wildman–Crippen LogP) is 1.80. The summed E-state index contributed by atoms with van der Waals surface area (Å²) in [7, 11) is 0. The largest absolute Gasteiger partial charge is 0.396 e. The lowest BCUT2D eigenvalue weighted by Crippen LogP contribution is -2.23. The smallest absolute Gasteiger partial charge is 0.0461 e. The van der Waals surface area contributed by atoms with Gasteiger partial charge in [-0.15, -0.1) is 0 Å². The number of hydrogen-bond acceptors (Lipinski definition) is 1. The summed E-state index contributed by atoms with van der Waals surface area (Å²) in [6.45, 7) is 2.57. The Bertz CT molecular complexity index is 72.6. The van der Waals surface area contributed by atoms with Crippen molar-refractivity contribution >= 4 is 0 Å². The molecule has 54 valence electrons. The van der Waals surface area contributed by atoms with Crippen molar-refractivity contribution in [3.63, 3.8) is 0 Å². The van der Waals surface area contributed by atoms with E-state index in [0.29, 0.717) is 12.5 Å². The van der Waals surface area contributed by atoms with Crippen LogP contribution in [0.2, 0.25) is 0 Å². The molecule has 1 nitrogen and oxygen atoms in total. The van der Waals surface area contributed by atoms with Crippen LogP contribution >= 0.6 is 0 Å². The monoisotopic (exact) mass is 128 g/mol. The summed E-state index contributed by atoms with van der Waals surface area (Å²) in [5.74, 6) is 1.47. The number of hydrogen-bond donors (Lipinski definition) is 1. The van der Waals surface area contributed by atoms with Crippen LogP contribution in [0.1, 0.15) is 32.6 Å². The van der Waals surface area contributed by atoms with Gasteiger partial charge >= 0.3 is 0 Å². The van der Waals surface area contributed by atoms with Crippen molar-refractivity contribution in [3.05, 3.63) is 0 Å². The fraction of sp³-hybridized carbons (Fsp3) is 1.00. The minimum atomic E-state index is 0.404. The fourth-order valence-electron chi connectivity index (χ4n) is 1.52. The molecule has 1 N–H and O–H groups in total. The molecule has 0 heterocycles. The van der Waals surface area contributed by atoms with Gasteiger partial charge in [0, 0.05) is 6.61 Å². The Morgan fingerprint density at radius 1 is 1.56 bits per heavy atom. The molecule has 1 fully saturated rings. The molecule has 1 aliphatic carbocycles. The zero-order chi connectivity index (χ0) is 6.69. The molecule has 0 aromatic heterocycles. The van der Waals surface area contributed by atoms with Crippen LogP contribution in [-0.4, -0.2) is 11.7 Å². The van der Waals surface area contributed by atoms with Gasteiger partial charge in [0.2, 0.25) is 0 Å². The van der Waals surface area contributed by atoms with E-state index in [-0.39, 0.29) is 0 Å². The normalized spacial score (nSPS) is 23.3. The average Bonchev–Trinajstić information content (AvgIpc) is 1.78. The first-order valence-corrected chi connectivity index (χ1v) is 3.99.